The van der Waals surface area contributed by atoms with Crippen molar-refractivity contribution < 1.29 is 4.21 Å². The van der Waals surface area contributed by atoms with Gasteiger partial charge in [-0.3, -0.25) is 4.21 Å². The largest absolute Gasteiger partial charge is 0.350 e. The quantitative estimate of drug-likeness (QED) is 0.871. The predicted molar refractivity (Wildman–Crippen MR) is 69.6 cm³/mol. The molecule has 5 nitrogen and oxygen atoms in total. The number of hydrogen-bond acceptors (Lipinski definition) is 4. The molecule has 0 fully saturated rings. The van der Waals surface area contributed by atoms with Crippen LogP contribution in [0.3, 0.4) is 0 Å². The van der Waals surface area contributed by atoms with Gasteiger partial charge in [0.15, 0.2) is 5.65 Å². The van der Waals surface area contributed by atoms with Crippen LogP contribution >= 0.6 is 0 Å². The molecule has 2 unspecified atom stereocenters. The first-order valence-electron chi connectivity index (χ1n) is 5.53. The SMILES string of the molecule is CC(CCS(C)=O)Nc1nc2ccccn2n1. The fraction of sp³-hybridized carbons (Fsp3) is 0.455. The summed E-state index contributed by atoms with van der Waals surface area (Å²) in [5.74, 6) is 1.31. The second kappa shape index (κ2) is 5.27. The summed E-state index contributed by atoms with van der Waals surface area (Å²) in [7, 11) is -0.745. The minimum atomic E-state index is -0.745. The lowest BCUT2D eigenvalue weighted by Crippen LogP contribution is -2.18. The zero-order chi connectivity index (χ0) is 12.3. The standard InChI is InChI=1S/C11H16N4OS/c1-9(6-8-17(2)16)12-11-13-10-5-3-4-7-15(10)14-11/h3-5,7,9H,6,8H2,1-2H3,(H,12,14). The average Bonchev–Trinajstić information content (AvgIpc) is 2.68. The van der Waals surface area contributed by atoms with Crippen molar-refractivity contribution >= 4 is 22.4 Å². The maximum Gasteiger partial charge on any atom is 0.243 e. The minimum Gasteiger partial charge on any atom is -0.350 e. The molecule has 17 heavy (non-hydrogen) atoms. The smallest absolute Gasteiger partial charge is 0.243 e. The molecular weight excluding hydrogens is 236 g/mol. The molecule has 0 aliphatic carbocycles. The van der Waals surface area contributed by atoms with E-state index in [9.17, 15) is 4.21 Å². The number of anilines is 1. The monoisotopic (exact) mass is 252 g/mol. The lowest BCUT2D eigenvalue weighted by Gasteiger charge is -2.10. The molecule has 0 amide bonds. The molecule has 2 atom stereocenters. The molecule has 2 rings (SSSR count). The molecule has 2 aromatic heterocycles. The molecule has 92 valence electrons. The second-order valence-electron chi connectivity index (χ2n) is 4.05. The van der Waals surface area contributed by atoms with E-state index in [0.717, 1.165) is 12.1 Å². The van der Waals surface area contributed by atoms with E-state index in [0.29, 0.717) is 11.7 Å². The summed E-state index contributed by atoms with van der Waals surface area (Å²) < 4.78 is 12.7. The Morgan fingerprint density at radius 3 is 3.06 bits per heavy atom. The van der Waals surface area contributed by atoms with Crippen molar-refractivity contribution in [1.29, 1.82) is 0 Å². The summed E-state index contributed by atoms with van der Waals surface area (Å²) in [6.07, 6.45) is 4.42. The molecule has 0 spiro atoms. The first-order valence-corrected chi connectivity index (χ1v) is 7.26. The van der Waals surface area contributed by atoms with Gasteiger partial charge in [0.25, 0.3) is 0 Å². The minimum absolute atomic E-state index is 0.219. The molecule has 0 aliphatic rings. The molecule has 2 aromatic rings. The Kier molecular flexibility index (Phi) is 3.73. The number of aromatic nitrogens is 3. The van der Waals surface area contributed by atoms with Gasteiger partial charge in [0.1, 0.15) is 0 Å². The number of fused-ring (bicyclic) bond motifs is 1. The molecule has 0 aliphatic heterocycles. The Balaban J connectivity index is 2.00. The van der Waals surface area contributed by atoms with Crippen LogP contribution in [0.4, 0.5) is 5.95 Å². The van der Waals surface area contributed by atoms with Crippen molar-refractivity contribution in [2.75, 3.05) is 17.3 Å². The van der Waals surface area contributed by atoms with Crippen molar-refractivity contribution in [1.82, 2.24) is 14.6 Å². The molecule has 0 saturated heterocycles. The van der Waals surface area contributed by atoms with E-state index in [-0.39, 0.29) is 6.04 Å². The van der Waals surface area contributed by atoms with Crippen molar-refractivity contribution in [2.45, 2.75) is 19.4 Å². The third kappa shape index (κ3) is 3.26. The summed E-state index contributed by atoms with van der Waals surface area (Å²) >= 11 is 0. The van der Waals surface area contributed by atoms with Gasteiger partial charge in [0.2, 0.25) is 5.95 Å². The van der Waals surface area contributed by atoms with E-state index in [1.807, 2.05) is 31.3 Å². The molecule has 0 aromatic carbocycles. The highest BCUT2D eigenvalue weighted by Gasteiger charge is 2.07. The lowest BCUT2D eigenvalue weighted by molar-refractivity contribution is 0.677. The van der Waals surface area contributed by atoms with Crippen LogP contribution in [0.5, 0.6) is 0 Å². The maximum atomic E-state index is 11.0. The van der Waals surface area contributed by atoms with Crippen molar-refractivity contribution in [3.63, 3.8) is 0 Å². The van der Waals surface area contributed by atoms with E-state index in [2.05, 4.69) is 15.4 Å². The number of rotatable bonds is 5. The van der Waals surface area contributed by atoms with E-state index in [1.165, 1.54) is 0 Å². The number of nitrogens with one attached hydrogen (secondary N) is 1. The molecule has 6 heteroatoms. The Hall–Kier alpha value is -1.43. The first-order chi connectivity index (χ1) is 8.15. The van der Waals surface area contributed by atoms with Gasteiger partial charge in [-0.05, 0) is 25.5 Å². The summed E-state index contributed by atoms with van der Waals surface area (Å²) in [6, 6.07) is 5.97. The Morgan fingerprint density at radius 2 is 2.35 bits per heavy atom. The molecular formula is C11H16N4OS. The molecule has 1 N–H and O–H groups in total. The van der Waals surface area contributed by atoms with E-state index < -0.39 is 10.8 Å². The third-order valence-corrected chi connectivity index (χ3v) is 3.27. The van der Waals surface area contributed by atoms with Crippen LogP contribution in [0.2, 0.25) is 0 Å². The highest BCUT2D eigenvalue weighted by atomic mass is 32.2. The van der Waals surface area contributed by atoms with Gasteiger partial charge < -0.3 is 5.32 Å². The van der Waals surface area contributed by atoms with Gasteiger partial charge in [0, 0.05) is 35.0 Å². The maximum absolute atomic E-state index is 11.0. The van der Waals surface area contributed by atoms with Gasteiger partial charge in [-0.25, -0.2) is 4.52 Å². The molecule has 0 radical (unpaired) electrons. The van der Waals surface area contributed by atoms with Crippen LogP contribution in [0.15, 0.2) is 24.4 Å². The van der Waals surface area contributed by atoms with Crippen LogP contribution < -0.4 is 5.32 Å². The van der Waals surface area contributed by atoms with Crippen LogP contribution in [0.1, 0.15) is 13.3 Å². The van der Waals surface area contributed by atoms with Crippen LogP contribution in [0.25, 0.3) is 5.65 Å². The summed E-state index contributed by atoms with van der Waals surface area (Å²) in [4.78, 5) is 4.34. The average molecular weight is 252 g/mol. The third-order valence-electron chi connectivity index (χ3n) is 2.46. The van der Waals surface area contributed by atoms with Gasteiger partial charge >= 0.3 is 0 Å². The van der Waals surface area contributed by atoms with Crippen molar-refractivity contribution in [3.8, 4) is 0 Å². The summed E-state index contributed by atoms with van der Waals surface area (Å²) in [6.45, 7) is 2.04. The van der Waals surface area contributed by atoms with Gasteiger partial charge in [0.05, 0.1) is 0 Å². The zero-order valence-electron chi connectivity index (χ0n) is 9.96. The normalized spacial score (nSPS) is 14.7. The summed E-state index contributed by atoms with van der Waals surface area (Å²) in [5, 5.41) is 7.51. The Morgan fingerprint density at radius 1 is 1.53 bits per heavy atom. The van der Waals surface area contributed by atoms with Crippen LogP contribution in [0, 0.1) is 0 Å². The number of nitrogens with zero attached hydrogens (tertiary/aromatic N) is 3. The van der Waals surface area contributed by atoms with Crippen LogP contribution in [-0.2, 0) is 10.8 Å². The number of hydrogen-bond donors (Lipinski definition) is 1. The van der Waals surface area contributed by atoms with Crippen molar-refractivity contribution in [2.24, 2.45) is 0 Å². The zero-order valence-corrected chi connectivity index (χ0v) is 10.8. The highest BCUT2D eigenvalue weighted by Crippen LogP contribution is 2.07. The van der Waals surface area contributed by atoms with E-state index in [1.54, 1.807) is 10.8 Å². The first kappa shape index (κ1) is 12.0. The molecule has 0 saturated carbocycles. The van der Waals surface area contributed by atoms with Gasteiger partial charge in [-0.2, -0.15) is 4.98 Å². The van der Waals surface area contributed by atoms with Gasteiger partial charge in [-0.15, -0.1) is 5.10 Å². The molecule has 2 heterocycles. The number of pyridine rings is 1. The predicted octanol–water partition coefficient (Wildman–Crippen LogP) is 1.30. The van der Waals surface area contributed by atoms with E-state index >= 15 is 0 Å². The lowest BCUT2D eigenvalue weighted by atomic mass is 10.3. The van der Waals surface area contributed by atoms with Gasteiger partial charge in [-0.1, -0.05) is 6.07 Å². The Bertz CT molecular complexity index is 492. The second-order valence-corrected chi connectivity index (χ2v) is 5.60. The van der Waals surface area contributed by atoms with Crippen molar-refractivity contribution in [3.05, 3.63) is 24.4 Å². The Labute approximate surface area is 103 Å². The topological polar surface area (TPSA) is 59.3 Å². The highest BCUT2D eigenvalue weighted by molar-refractivity contribution is 7.84. The fourth-order valence-corrected chi connectivity index (χ4v) is 2.21. The fourth-order valence-electron chi connectivity index (χ4n) is 1.53. The molecule has 0 bridgehead atoms. The van der Waals surface area contributed by atoms with E-state index in [4.69, 9.17) is 0 Å². The summed E-state index contributed by atoms with van der Waals surface area (Å²) in [5.41, 5.74) is 0.821. The van der Waals surface area contributed by atoms with Crippen LogP contribution in [-0.4, -0.2) is 36.9 Å².